The van der Waals surface area contributed by atoms with Crippen LogP contribution in [0.5, 0.6) is 5.88 Å². The number of ether oxygens (including phenoxy) is 1. The average Bonchev–Trinajstić information content (AvgIpc) is 3.95. The van der Waals surface area contributed by atoms with Gasteiger partial charge in [-0.05, 0) is 91.8 Å². The lowest BCUT2D eigenvalue weighted by molar-refractivity contribution is 0.0908. The molecule has 2 amide bonds. The minimum absolute atomic E-state index is 0.0317. The highest BCUT2D eigenvalue weighted by molar-refractivity contribution is 6.29. The summed E-state index contributed by atoms with van der Waals surface area (Å²) in [6, 6.07) is 5.25. The third kappa shape index (κ3) is 4.62. The van der Waals surface area contributed by atoms with Gasteiger partial charge in [0.2, 0.25) is 5.88 Å². The van der Waals surface area contributed by atoms with Crippen molar-refractivity contribution in [2.45, 2.75) is 75.3 Å². The normalized spacial score (nSPS) is 19.0. The molecule has 0 atom stereocenters. The molecule has 2 aliphatic heterocycles. The van der Waals surface area contributed by atoms with Crippen molar-refractivity contribution in [2.75, 3.05) is 7.11 Å². The molecule has 0 saturated heterocycles. The van der Waals surface area contributed by atoms with Crippen molar-refractivity contribution < 1.29 is 18.7 Å². The Labute approximate surface area is 291 Å². The molecule has 2 fully saturated rings. The second-order valence-corrected chi connectivity index (χ2v) is 15.0. The molecule has 6 aliphatic rings. The largest absolute Gasteiger partial charge is 0.479 e. The van der Waals surface area contributed by atoms with Gasteiger partial charge in [0.15, 0.2) is 5.82 Å². The Bertz CT molecular complexity index is 2320. The van der Waals surface area contributed by atoms with E-state index < -0.39 is 5.82 Å². The van der Waals surface area contributed by atoms with E-state index in [1.807, 2.05) is 24.5 Å². The number of carbonyl (C=O) groups is 2. The predicted octanol–water partition coefficient (Wildman–Crippen LogP) is 5.85. The highest BCUT2D eigenvalue weighted by Gasteiger charge is 2.50. The second kappa shape index (κ2) is 10.5. The van der Waals surface area contributed by atoms with Gasteiger partial charge in [-0.2, -0.15) is 0 Å². The number of pyridine rings is 3. The van der Waals surface area contributed by atoms with Gasteiger partial charge in [-0.3, -0.25) is 14.6 Å². The summed E-state index contributed by atoms with van der Waals surface area (Å²) >= 11 is 6.05. The maximum absolute atomic E-state index is 14.1. The lowest BCUT2D eigenvalue weighted by atomic mass is 9.87. The zero-order chi connectivity index (χ0) is 33.9. The number of aryl methyl sites for hydroxylation is 2. The molecule has 2 saturated carbocycles. The number of nitrogens with one attached hydrogen (secondary N) is 4. The fourth-order valence-corrected chi connectivity index (χ4v) is 8.60. The number of aromatic nitrogens is 5. The van der Waals surface area contributed by atoms with Crippen LogP contribution in [0, 0.1) is 5.82 Å². The van der Waals surface area contributed by atoms with Crippen molar-refractivity contribution in [1.29, 1.82) is 0 Å². The van der Waals surface area contributed by atoms with Gasteiger partial charge < -0.3 is 25.3 Å². The molecule has 2 spiro atoms. The van der Waals surface area contributed by atoms with Crippen LogP contribution in [0.1, 0.15) is 80.0 Å². The number of rotatable bonds is 2. The summed E-state index contributed by atoms with van der Waals surface area (Å²) in [5.74, 6) is -0.423. The summed E-state index contributed by atoms with van der Waals surface area (Å²) in [6.07, 6.45) is 14.8. The molecular formula is C38H33ClFN7O3. The standard InChI is InChI=1S/C22H19FN4O2.C16H14ClN3O/c1-29-21-15(23)6-12(10-25-21)16-7-14-11(9-24-16)2-3-13-18-17(26-19(13)14)8-22(4-5-22)27-20(18)28;17-12-5-10-8(7-18-12)1-2-9-13-11(19-14(9)10)6-16(3-4-16)20-15(13)21/h6-7,9-10,26H,2-5,8H2,1H3,(H,27,28);5,7,19H,1-4,6H2,(H,20,21). The van der Waals surface area contributed by atoms with E-state index in [0.717, 1.165) is 126 Å². The average molecular weight is 690 g/mol. The van der Waals surface area contributed by atoms with E-state index in [9.17, 15) is 14.0 Å². The summed E-state index contributed by atoms with van der Waals surface area (Å²) in [7, 11) is 1.39. The maximum atomic E-state index is 14.1. The summed E-state index contributed by atoms with van der Waals surface area (Å²) in [6.45, 7) is 0. The summed E-state index contributed by atoms with van der Waals surface area (Å²) in [5, 5.41) is 6.90. The molecule has 7 heterocycles. The third-order valence-corrected chi connectivity index (χ3v) is 11.6. The van der Waals surface area contributed by atoms with E-state index in [1.165, 1.54) is 18.7 Å². The number of hydrogen-bond donors (Lipinski definition) is 4. The third-order valence-electron chi connectivity index (χ3n) is 11.4. The van der Waals surface area contributed by atoms with Gasteiger partial charge in [0, 0.05) is 70.6 Å². The first kappa shape index (κ1) is 29.8. The lowest BCUT2D eigenvalue weighted by Crippen LogP contribution is -2.43. The Kier molecular flexibility index (Phi) is 6.26. The number of amides is 2. The van der Waals surface area contributed by atoms with Gasteiger partial charge in [0.05, 0.1) is 35.3 Å². The molecule has 4 aliphatic carbocycles. The van der Waals surface area contributed by atoms with E-state index >= 15 is 0 Å². The minimum Gasteiger partial charge on any atom is -0.479 e. The zero-order valence-electron chi connectivity index (χ0n) is 27.4. The molecule has 0 bridgehead atoms. The molecule has 10 nitrogen and oxygen atoms in total. The molecule has 5 aromatic rings. The Balaban J connectivity index is 0.000000133. The highest BCUT2D eigenvalue weighted by Crippen LogP contribution is 2.47. The molecule has 50 heavy (non-hydrogen) atoms. The van der Waals surface area contributed by atoms with Crippen LogP contribution in [0.2, 0.25) is 5.15 Å². The smallest absolute Gasteiger partial charge is 0.253 e. The van der Waals surface area contributed by atoms with E-state index in [2.05, 4.69) is 35.6 Å². The predicted molar refractivity (Wildman–Crippen MR) is 184 cm³/mol. The lowest BCUT2D eigenvalue weighted by Gasteiger charge is -2.24. The van der Waals surface area contributed by atoms with Gasteiger partial charge in [0.25, 0.3) is 11.8 Å². The Hall–Kier alpha value is -5.03. The van der Waals surface area contributed by atoms with Crippen molar-refractivity contribution >= 4 is 23.4 Å². The fraction of sp³-hybridized carbons (Fsp3) is 0.342. The van der Waals surface area contributed by atoms with Crippen molar-refractivity contribution in [3.8, 4) is 39.7 Å². The minimum atomic E-state index is -0.521. The van der Waals surface area contributed by atoms with Crippen LogP contribution < -0.4 is 15.4 Å². The summed E-state index contributed by atoms with van der Waals surface area (Å²) in [5.41, 5.74) is 13.8. The monoisotopic (exact) mass is 689 g/mol. The van der Waals surface area contributed by atoms with Crippen LogP contribution in [-0.2, 0) is 38.5 Å². The second-order valence-electron chi connectivity index (χ2n) is 14.6. The first-order chi connectivity index (χ1) is 24.2. The van der Waals surface area contributed by atoms with Crippen molar-refractivity contribution in [2.24, 2.45) is 0 Å². The van der Waals surface area contributed by atoms with Crippen LogP contribution in [0.25, 0.3) is 33.8 Å². The molecule has 252 valence electrons. The molecular weight excluding hydrogens is 657 g/mol. The van der Waals surface area contributed by atoms with E-state index in [-0.39, 0.29) is 28.8 Å². The van der Waals surface area contributed by atoms with Gasteiger partial charge in [-0.25, -0.2) is 14.4 Å². The number of hydrogen-bond acceptors (Lipinski definition) is 6. The first-order valence-electron chi connectivity index (χ1n) is 17.2. The molecule has 4 N–H and O–H groups in total. The number of nitrogens with zero attached hydrogens (tertiary/aromatic N) is 3. The number of H-pyrrole nitrogens is 2. The Morgan fingerprint density at radius 1 is 0.740 bits per heavy atom. The number of carbonyl (C=O) groups excluding carboxylic acids is 2. The molecule has 0 unspecified atom stereocenters. The van der Waals surface area contributed by atoms with Gasteiger partial charge in [-0.15, -0.1) is 0 Å². The first-order valence-corrected chi connectivity index (χ1v) is 17.6. The number of fused-ring (bicyclic) bond motifs is 10. The van der Waals surface area contributed by atoms with Gasteiger partial charge in [0.1, 0.15) is 5.15 Å². The molecule has 11 rings (SSSR count). The molecule has 0 aromatic carbocycles. The van der Waals surface area contributed by atoms with Crippen LogP contribution in [-0.4, -0.2) is 54.9 Å². The van der Waals surface area contributed by atoms with Crippen molar-refractivity contribution in [3.63, 3.8) is 0 Å². The van der Waals surface area contributed by atoms with Gasteiger partial charge in [-0.1, -0.05) is 11.6 Å². The van der Waals surface area contributed by atoms with Crippen LogP contribution in [0.4, 0.5) is 4.39 Å². The Morgan fingerprint density at radius 3 is 1.84 bits per heavy atom. The van der Waals surface area contributed by atoms with E-state index in [0.29, 0.717) is 16.4 Å². The van der Waals surface area contributed by atoms with Gasteiger partial charge >= 0.3 is 0 Å². The number of methoxy groups -OCH3 is 1. The van der Waals surface area contributed by atoms with Crippen molar-refractivity contribution in [3.05, 3.63) is 92.5 Å². The topological polar surface area (TPSA) is 138 Å². The molecule has 0 radical (unpaired) electrons. The highest BCUT2D eigenvalue weighted by atomic mass is 35.5. The number of halogens is 2. The quantitative estimate of drug-likeness (QED) is 0.172. The number of aromatic amines is 2. The molecule has 5 aromatic heterocycles. The fourth-order valence-electron chi connectivity index (χ4n) is 8.44. The van der Waals surface area contributed by atoms with Crippen molar-refractivity contribution in [1.82, 2.24) is 35.6 Å². The Morgan fingerprint density at radius 2 is 1.30 bits per heavy atom. The maximum Gasteiger partial charge on any atom is 0.253 e. The zero-order valence-corrected chi connectivity index (χ0v) is 28.1. The SMILES string of the molecule is COc1ncc(-c2cc3c(cn2)CCc2c-3[nH]c3c2C(=O)NC2(CC2)C3)cc1F.O=C1NC2(CC2)Cc2[nH]c3c(c21)CCc1cnc(Cl)cc1-3. The van der Waals surface area contributed by atoms with Crippen LogP contribution in [0.15, 0.2) is 36.8 Å². The molecule has 12 heteroatoms. The summed E-state index contributed by atoms with van der Waals surface area (Å²) in [4.78, 5) is 45.0. The van der Waals surface area contributed by atoms with E-state index in [4.69, 9.17) is 16.3 Å². The van der Waals surface area contributed by atoms with Crippen LogP contribution >= 0.6 is 11.6 Å². The van der Waals surface area contributed by atoms with Crippen LogP contribution in [0.3, 0.4) is 0 Å². The van der Waals surface area contributed by atoms with E-state index in [1.54, 1.807) is 6.20 Å². The summed E-state index contributed by atoms with van der Waals surface area (Å²) < 4.78 is 19.0.